The first-order valence-electron chi connectivity index (χ1n) is 3.97. The molecule has 0 saturated carbocycles. The molecule has 0 aliphatic heterocycles. The molecule has 0 spiro atoms. The summed E-state index contributed by atoms with van der Waals surface area (Å²) < 4.78 is 0. The third kappa shape index (κ3) is 2.32. The van der Waals surface area contributed by atoms with Crippen LogP contribution in [0.2, 0.25) is 0 Å². The SMILES string of the molecule is Cc1cnc(N(C)C)cc1O[N+](=O)[O-]. The third-order valence-electron chi connectivity index (χ3n) is 1.67. The van der Waals surface area contributed by atoms with Crippen molar-refractivity contribution in [2.45, 2.75) is 6.92 Å². The predicted octanol–water partition coefficient (Wildman–Crippen LogP) is 1.03. The summed E-state index contributed by atoms with van der Waals surface area (Å²) in [6.45, 7) is 1.70. The molecule has 6 heteroatoms. The molecule has 6 nitrogen and oxygen atoms in total. The van der Waals surface area contributed by atoms with Gasteiger partial charge < -0.3 is 4.90 Å². The van der Waals surface area contributed by atoms with Crippen LogP contribution in [0.5, 0.6) is 5.75 Å². The molecule has 1 aromatic heterocycles. The Kier molecular flexibility index (Phi) is 2.85. The third-order valence-corrected chi connectivity index (χ3v) is 1.67. The van der Waals surface area contributed by atoms with Gasteiger partial charge in [0.15, 0.2) is 0 Å². The number of rotatable bonds is 3. The van der Waals surface area contributed by atoms with E-state index in [0.29, 0.717) is 11.4 Å². The first-order valence-corrected chi connectivity index (χ1v) is 3.97. The first-order chi connectivity index (χ1) is 6.50. The molecule has 0 radical (unpaired) electrons. The molecule has 1 aromatic rings. The Hall–Kier alpha value is -1.85. The highest BCUT2D eigenvalue weighted by atomic mass is 17.0. The van der Waals surface area contributed by atoms with E-state index in [1.807, 2.05) is 0 Å². The van der Waals surface area contributed by atoms with Crippen molar-refractivity contribution in [1.29, 1.82) is 0 Å². The lowest BCUT2D eigenvalue weighted by Gasteiger charge is -2.12. The molecule has 0 bridgehead atoms. The number of pyridine rings is 1. The van der Waals surface area contributed by atoms with Crippen LogP contribution in [0.1, 0.15) is 5.56 Å². The Morgan fingerprint density at radius 3 is 2.71 bits per heavy atom. The average Bonchev–Trinajstić information content (AvgIpc) is 2.07. The van der Waals surface area contributed by atoms with Crippen molar-refractivity contribution in [3.8, 4) is 5.75 Å². The molecule has 14 heavy (non-hydrogen) atoms. The number of aromatic nitrogens is 1. The lowest BCUT2D eigenvalue weighted by Crippen LogP contribution is -2.12. The van der Waals surface area contributed by atoms with Crippen LogP contribution < -0.4 is 9.74 Å². The van der Waals surface area contributed by atoms with Crippen molar-refractivity contribution in [3.63, 3.8) is 0 Å². The van der Waals surface area contributed by atoms with E-state index in [9.17, 15) is 10.1 Å². The standard InChI is InChI=1S/C8H11N3O3/c1-6-5-9-8(10(2)3)4-7(6)14-11(12)13/h4-5H,1-3H3. The zero-order valence-electron chi connectivity index (χ0n) is 8.22. The molecular formula is C8H11N3O3. The van der Waals surface area contributed by atoms with Crippen LogP contribution in [0.15, 0.2) is 12.3 Å². The summed E-state index contributed by atoms with van der Waals surface area (Å²) in [6.07, 6.45) is 1.54. The van der Waals surface area contributed by atoms with Gasteiger partial charge in [0.25, 0.3) is 5.09 Å². The summed E-state index contributed by atoms with van der Waals surface area (Å²) in [6, 6.07) is 1.53. The van der Waals surface area contributed by atoms with Crippen molar-refractivity contribution in [1.82, 2.24) is 4.98 Å². The molecule has 0 aliphatic carbocycles. The fourth-order valence-electron chi connectivity index (χ4n) is 0.918. The van der Waals surface area contributed by atoms with Crippen molar-refractivity contribution < 1.29 is 9.92 Å². The van der Waals surface area contributed by atoms with Crippen LogP contribution in [-0.4, -0.2) is 24.2 Å². The lowest BCUT2D eigenvalue weighted by molar-refractivity contribution is -0.711. The van der Waals surface area contributed by atoms with Crippen LogP contribution in [0, 0.1) is 17.0 Å². The van der Waals surface area contributed by atoms with E-state index < -0.39 is 5.09 Å². The van der Waals surface area contributed by atoms with Crippen molar-refractivity contribution in [3.05, 3.63) is 27.9 Å². The lowest BCUT2D eigenvalue weighted by atomic mass is 10.3. The molecule has 0 saturated heterocycles. The van der Waals surface area contributed by atoms with Crippen molar-refractivity contribution in [2.24, 2.45) is 0 Å². The quantitative estimate of drug-likeness (QED) is 0.534. The fraction of sp³-hybridized carbons (Fsp3) is 0.375. The van der Waals surface area contributed by atoms with E-state index in [2.05, 4.69) is 9.82 Å². The highest BCUT2D eigenvalue weighted by Gasteiger charge is 2.06. The van der Waals surface area contributed by atoms with Gasteiger partial charge in [-0.05, 0) is 12.5 Å². The fourth-order valence-corrected chi connectivity index (χ4v) is 0.918. The van der Waals surface area contributed by atoms with E-state index in [1.165, 1.54) is 12.3 Å². The molecule has 0 aromatic carbocycles. The number of aryl methyl sites for hydroxylation is 1. The maximum Gasteiger partial charge on any atom is 0.299 e. The molecular weight excluding hydrogens is 186 g/mol. The summed E-state index contributed by atoms with van der Waals surface area (Å²) in [5.74, 6) is 0.834. The molecule has 0 N–H and O–H groups in total. The molecule has 0 aliphatic rings. The maximum atomic E-state index is 10.2. The minimum atomic E-state index is -0.832. The van der Waals surface area contributed by atoms with Crippen molar-refractivity contribution in [2.75, 3.05) is 19.0 Å². The topological polar surface area (TPSA) is 68.5 Å². The number of hydrogen-bond acceptors (Lipinski definition) is 5. The summed E-state index contributed by atoms with van der Waals surface area (Å²) >= 11 is 0. The Labute approximate surface area is 81.2 Å². The highest BCUT2D eigenvalue weighted by molar-refractivity contribution is 5.45. The summed E-state index contributed by atoms with van der Waals surface area (Å²) in [7, 11) is 3.60. The van der Waals surface area contributed by atoms with Gasteiger partial charge in [-0.3, -0.25) is 4.84 Å². The van der Waals surface area contributed by atoms with E-state index in [1.54, 1.807) is 25.9 Å². The smallest absolute Gasteiger partial charge is 0.299 e. The van der Waals surface area contributed by atoms with E-state index in [-0.39, 0.29) is 5.75 Å². The number of hydrogen-bond donors (Lipinski definition) is 0. The molecule has 1 heterocycles. The van der Waals surface area contributed by atoms with Crippen LogP contribution >= 0.6 is 0 Å². The van der Waals surface area contributed by atoms with Gasteiger partial charge in [-0.1, -0.05) is 0 Å². The van der Waals surface area contributed by atoms with Gasteiger partial charge in [-0.15, -0.1) is 10.1 Å². The second kappa shape index (κ2) is 3.91. The monoisotopic (exact) mass is 197 g/mol. The molecule has 0 atom stereocenters. The van der Waals surface area contributed by atoms with E-state index in [4.69, 9.17) is 0 Å². The van der Waals surface area contributed by atoms with Crippen LogP contribution in [-0.2, 0) is 0 Å². The summed E-state index contributed by atoms with van der Waals surface area (Å²) in [4.78, 5) is 20.4. The molecule has 0 unspecified atom stereocenters. The molecule has 0 amide bonds. The van der Waals surface area contributed by atoms with E-state index in [0.717, 1.165) is 0 Å². The second-order valence-corrected chi connectivity index (χ2v) is 3.02. The maximum absolute atomic E-state index is 10.2. The van der Waals surface area contributed by atoms with Crippen LogP contribution in [0.3, 0.4) is 0 Å². The molecule has 76 valence electrons. The van der Waals surface area contributed by atoms with Gasteiger partial charge in [0.1, 0.15) is 11.6 Å². The molecule has 0 fully saturated rings. The average molecular weight is 197 g/mol. The minimum absolute atomic E-state index is 0.216. The van der Waals surface area contributed by atoms with E-state index >= 15 is 0 Å². The minimum Gasteiger partial charge on any atom is -0.363 e. The van der Waals surface area contributed by atoms with Crippen LogP contribution in [0.25, 0.3) is 0 Å². The zero-order valence-corrected chi connectivity index (χ0v) is 8.22. The number of anilines is 1. The first kappa shape index (κ1) is 10.2. The highest BCUT2D eigenvalue weighted by Crippen LogP contribution is 2.21. The zero-order chi connectivity index (χ0) is 10.7. The normalized spacial score (nSPS) is 9.64. The Bertz CT molecular complexity index is 352. The molecule has 1 rings (SSSR count). The Morgan fingerprint density at radius 1 is 1.57 bits per heavy atom. The summed E-state index contributed by atoms with van der Waals surface area (Å²) in [5, 5.41) is 9.32. The number of nitrogens with zero attached hydrogens (tertiary/aromatic N) is 3. The second-order valence-electron chi connectivity index (χ2n) is 3.02. The Morgan fingerprint density at radius 2 is 2.21 bits per heavy atom. The van der Waals surface area contributed by atoms with Gasteiger partial charge in [-0.2, -0.15) is 0 Å². The van der Waals surface area contributed by atoms with Crippen LogP contribution in [0.4, 0.5) is 5.82 Å². The van der Waals surface area contributed by atoms with Gasteiger partial charge >= 0.3 is 0 Å². The largest absolute Gasteiger partial charge is 0.363 e. The van der Waals surface area contributed by atoms with Gasteiger partial charge in [0.05, 0.1) is 0 Å². The van der Waals surface area contributed by atoms with Crippen molar-refractivity contribution >= 4 is 5.82 Å². The van der Waals surface area contributed by atoms with Gasteiger partial charge in [0, 0.05) is 26.4 Å². The Balaban J connectivity index is 3.02. The summed E-state index contributed by atoms with van der Waals surface area (Å²) in [5.41, 5.74) is 0.632. The van der Waals surface area contributed by atoms with Gasteiger partial charge in [-0.25, -0.2) is 4.98 Å². The van der Waals surface area contributed by atoms with Gasteiger partial charge in [0.2, 0.25) is 0 Å². The predicted molar refractivity (Wildman–Crippen MR) is 50.9 cm³/mol.